The average Bonchev–Trinajstić information content (AvgIpc) is 2.30. The van der Waals surface area contributed by atoms with Crippen LogP contribution in [0.25, 0.3) is 0 Å². The Hall–Kier alpha value is -1.66. The fourth-order valence-corrected chi connectivity index (χ4v) is 1.82. The fourth-order valence-electron chi connectivity index (χ4n) is 1.82. The Balaban J connectivity index is 2.73. The number of nitrogens with one attached hydrogen (secondary N) is 1. The molecule has 112 valence electrons. The molecule has 1 aromatic rings. The minimum absolute atomic E-state index is 0.0542. The maximum absolute atomic E-state index is 13.5. The molecule has 0 fully saturated rings. The van der Waals surface area contributed by atoms with E-state index in [-0.39, 0.29) is 11.6 Å². The van der Waals surface area contributed by atoms with Gasteiger partial charge in [0.15, 0.2) is 0 Å². The minimum Gasteiger partial charge on any atom is -0.399 e. The first-order valence-electron chi connectivity index (χ1n) is 6.38. The van der Waals surface area contributed by atoms with E-state index in [9.17, 15) is 14.3 Å². The summed E-state index contributed by atoms with van der Waals surface area (Å²) in [5.41, 5.74) is 5.08. The number of nitrogen functional groups attached to an aromatic ring is 1. The van der Waals surface area contributed by atoms with Gasteiger partial charge < -0.3 is 16.2 Å². The number of benzene rings is 1. The Morgan fingerprint density at radius 1 is 1.55 bits per heavy atom. The lowest BCUT2D eigenvalue weighted by Crippen LogP contribution is -2.46. The topological polar surface area (TPSA) is 78.6 Å². The molecule has 1 aromatic carbocycles. The minimum atomic E-state index is -0.911. The van der Waals surface area contributed by atoms with E-state index < -0.39 is 17.5 Å². The van der Waals surface area contributed by atoms with E-state index in [2.05, 4.69) is 5.32 Å². The van der Waals surface area contributed by atoms with Gasteiger partial charge in [-0.05, 0) is 46.0 Å². The number of anilines is 2. The highest BCUT2D eigenvalue weighted by atomic mass is 19.1. The molecule has 0 spiro atoms. The molecule has 1 unspecified atom stereocenters. The highest BCUT2D eigenvalue weighted by molar-refractivity contribution is 5.95. The van der Waals surface area contributed by atoms with Crippen molar-refractivity contribution < 1.29 is 14.3 Å². The van der Waals surface area contributed by atoms with Crippen molar-refractivity contribution in [3.63, 3.8) is 0 Å². The van der Waals surface area contributed by atoms with Gasteiger partial charge >= 0.3 is 0 Å². The van der Waals surface area contributed by atoms with Gasteiger partial charge in [0.1, 0.15) is 5.82 Å². The Morgan fingerprint density at radius 2 is 2.15 bits per heavy atom. The van der Waals surface area contributed by atoms with Gasteiger partial charge in [-0.3, -0.25) is 9.69 Å². The van der Waals surface area contributed by atoms with E-state index in [1.165, 1.54) is 18.2 Å². The summed E-state index contributed by atoms with van der Waals surface area (Å²) in [6.45, 7) is 5.32. The molecule has 20 heavy (non-hydrogen) atoms. The van der Waals surface area contributed by atoms with Crippen LogP contribution in [0, 0.1) is 5.82 Å². The lowest BCUT2D eigenvalue weighted by atomic mass is 10.1. The molecule has 0 aliphatic rings. The SMILES string of the molecule is CC(C(=O)Nc1cc(N)ccc1F)N(C)CC(C)(C)O. The van der Waals surface area contributed by atoms with Gasteiger partial charge in [0.2, 0.25) is 5.91 Å². The zero-order valence-electron chi connectivity index (χ0n) is 12.3. The van der Waals surface area contributed by atoms with E-state index in [1.54, 1.807) is 32.7 Å². The zero-order valence-corrected chi connectivity index (χ0v) is 12.3. The van der Waals surface area contributed by atoms with Gasteiger partial charge in [0, 0.05) is 12.2 Å². The van der Waals surface area contributed by atoms with Crippen LogP contribution < -0.4 is 11.1 Å². The molecule has 1 amide bonds. The molecule has 5 nitrogen and oxygen atoms in total. The maximum Gasteiger partial charge on any atom is 0.241 e. The zero-order chi connectivity index (χ0) is 15.5. The third-order valence-electron chi connectivity index (χ3n) is 2.93. The second kappa shape index (κ2) is 6.19. The summed E-state index contributed by atoms with van der Waals surface area (Å²) < 4.78 is 13.5. The molecule has 1 atom stereocenters. The van der Waals surface area contributed by atoms with Crippen LogP contribution in [0.15, 0.2) is 18.2 Å². The molecule has 1 rings (SSSR count). The summed E-state index contributed by atoms with van der Waals surface area (Å²) in [7, 11) is 1.72. The molecule has 0 bridgehead atoms. The van der Waals surface area contributed by atoms with Crippen molar-refractivity contribution >= 4 is 17.3 Å². The van der Waals surface area contributed by atoms with Crippen molar-refractivity contribution in [1.82, 2.24) is 4.90 Å². The third kappa shape index (κ3) is 4.79. The predicted molar refractivity (Wildman–Crippen MR) is 77.8 cm³/mol. The molecule has 0 aliphatic heterocycles. The smallest absolute Gasteiger partial charge is 0.241 e. The van der Waals surface area contributed by atoms with Crippen molar-refractivity contribution in [2.45, 2.75) is 32.4 Å². The Kier molecular flexibility index (Phi) is 5.08. The van der Waals surface area contributed by atoms with Crippen LogP contribution in [0.3, 0.4) is 0 Å². The number of hydrogen-bond acceptors (Lipinski definition) is 4. The molecule has 6 heteroatoms. The molecule has 0 aromatic heterocycles. The van der Waals surface area contributed by atoms with Crippen LogP contribution in [0.1, 0.15) is 20.8 Å². The van der Waals surface area contributed by atoms with Crippen LogP contribution in [0.2, 0.25) is 0 Å². The van der Waals surface area contributed by atoms with Crippen LogP contribution in [0.4, 0.5) is 15.8 Å². The van der Waals surface area contributed by atoms with E-state index >= 15 is 0 Å². The maximum atomic E-state index is 13.5. The summed E-state index contributed by atoms with van der Waals surface area (Å²) in [5, 5.41) is 12.2. The first kappa shape index (κ1) is 16.4. The van der Waals surface area contributed by atoms with Crippen molar-refractivity contribution in [2.75, 3.05) is 24.6 Å². The Morgan fingerprint density at radius 3 is 2.70 bits per heavy atom. The van der Waals surface area contributed by atoms with Crippen LogP contribution in [-0.4, -0.2) is 41.1 Å². The Bertz CT molecular complexity index is 486. The summed E-state index contributed by atoms with van der Waals surface area (Å²) in [4.78, 5) is 13.8. The van der Waals surface area contributed by atoms with Crippen LogP contribution in [0.5, 0.6) is 0 Å². The molecule has 0 aliphatic carbocycles. The lowest BCUT2D eigenvalue weighted by molar-refractivity contribution is -0.121. The normalized spacial score (nSPS) is 13.3. The number of likely N-dealkylation sites (N-methyl/N-ethyl adjacent to an activating group) is 1. The summed E-state index contributed by atoms with van der Waals surface area (Å²) in [6, 6.07) is 3.49. The van der Waals surface area contributed by atoms with E-state index in [1.807, 2.05) is 0 Å². The van der Waals surface area contributed by atoms with Crippen molar-refractivity contribution in [1.29, 1.82) is 0 Å². The molecular weight excluding hydrogens is 261 g/mol. The van der Waals surface area contributed by atoms with Crippen LogP contribution in [-0.2, 0) is 4.79 Å². The van der Waals surface area contributed by atoms with E-state index in [4.69, 9.17) is 5.73 Å². The van der Waals surface area contributed by atoms with Crippen molar-refractivity contribution in [3.8, 4) is 0 Å². The van der Waals surface area contributed by atoms with E-state index in [0.29, 0.717) is 12.2 Å². The number of nitrogens with two attached hydrogens (primary N) is 1. The summed E-state index contributed by atoms with van der Waals surface area (Å²) in [6.07, 6.45) is 0. The number of carbonyl (C=O) groups is 1. The molecular formula is C14H22FN3O2. The quantitative estimate of drug-likeness (QED) is 0.714. The van der Waals surface area contributed by atoms with Gasteiger partial charge in [-0.2, -0.15) is 0 Å². The molecule has 4 N–H and O–H groups in total. The van der Waals surface area contributed by atoms with Gasteiger partial charge in [-0.1, -0.05) is 0 Å². The predicted octanol–water partition coefficient (Wildman–Crippen LogP) is 1.44. The number of carbonyl (C=O) groups excluding carboxylic acids is 1. The number of halogens is 1. The second-order valence-electron chi connectivity index (χ2n) is 5.63. The number of rotatable bonds is 5. The largest absolute Gasteiger partial charge is 0.399 e. The van der Waals surface area contributed by atoms with Crippen molar-refractivity contribution in [2.24, 2.45) is 0 Å². The highest BCUT2D eigenvalue weighted by Crippen LogP contribution is 2.18. The van der Waals surface area contributed by atoms with Crippen molar-refractivity contribution in [3.05, 3.63) is 24.0 Å². The van der Waals surface area contributed by atoms with Crippen LogP contribution >= 0.6 is 0 Å². The first-order valence-corrected chi connectivity index (χ1v) is 6.38. The molecule has 0 saturated carbocycles. The molecule has 0 heterocycles. The first-order chi connectivity index (χ1) is 9.10. The molecule has 0 radical (unpaired) electrons. The number of aliphatic hydroxyl groups is 1. The third-order valence-corrected chi connectivity index (χ3v) is 2.93. The summed E-state index contributed by atoms with van der Waals surface area (Å²) >= 11 is 0. The fraction of sp³-hybridized carbons (Fsp3) is 0.500. The van der Waals surface area contributed by atoms with Gasteiger partial charge in [-0.15, -0.1) is 0 Å². The Labute approximate surface area is 118 Å². The summed E-state index contributed by atoms with van der Waals surface area (Å²) in [5.74, 6) is -0.897. The highest BCUT2D eigenvalue weighted by Gasteiger charge is 2.24. The number of amides is 1. The standard InChI is InChI=1S/C14H22FN3O2/c1-9(18(4)8-14(2,3)20)13(19)17-12-7-10(16)5-6-11(12)15/h5-7,9,20H,8,16H2,1-4H3,(H,17,19). The monoisotopic (exact) mass is 283 g/mol. The average molecular weight is 283 g/mol. The molecule has 0 saturated heterocycles. The number of nitrogens with zero attached hydrogens (tertiary/aromatic N) is 1. The van der Waals surface area contributed by atoms with E-state index in [0.717, 1.165) is 0 Å². The number of hydrogen-bond donors (Lipinski definition) is 3. The second-order valence-corrected chi connectivity index (χ2v) is 5.63. The van der Waals surface area contributed by atoms with Gasteiger partial charge in [0.25, 0.3) is 0 Å². The van der Waals surface area contributed by atoms with Gasteiger partial charge in [0.05, 0.1) is 17.3 Å². The lowest BCUT2D eigenvalue weighted by Gasteiger charge is -2.29. The van der Waals surface area contributed by atoms with Gasteiger partial charge in [-0.25, -0.2) is 4.39 Å².